The van der Waals surface area contributed by atoms with Crippen molar-refractivity contribution >= 4 is 67.1 Å². The van der Waals surface area contributed by atoms with Gasteiger partial charge in [0.25, 0.3) is 0 Å². The number of carboxylic acid groups (broad SMARTS) is 4. The summed E-state index contributed by atoms with van der Waals surface area (Å²) in [5.74, 6) is -3.80. The lowest BCUT2D eigenvalue weighted by molar-refractivity contribution is -0.140. The lowest BCUT2D eigenvalue weighted by Crippen LogP contribution is -2.46. The Morgan fingerprint density at radius 2 is 0.900 bits per heavy atom. The smallest absolute Gasteiger partial charge is 0.321 e. The maximum Gasteiger partial charge on any atom is 0.321 e. The molecule has 0 aromatic heterocycles. The summed E-state index contributed by atoms with van der Waals surface area (Å²) in [5, 5.41) is 41.4. The number of carbonyl (C=O) groups is 4. The molecular formula is C14H26N4O8S4. The summed E-state index contributed by atoms with van der Waals surface area (Å²) in [6.07, 6.45) is 0. The molecule has 0 fully saturated rings. The van der Waals surface area contributed by atoms with Crippen molar-refractivity contribution in [3.05, 3.63) is 0 Å². The highest BCUT2D eigenvalue weighted by atomic mass is 33.1. The zero-order valence-electron chi connectivity index (χ0n) is 15.8. The summed E-state index contributed by atoms with van der Waals surface area (Å²) >= 11 is 0. The second kappa shape index (κ2) is 16.8. The Morgan fingerprint density at radius 1 is 0.600 bits per heavy atom. The molecular weight excluding hydrogens is 480 g/mol. The minimum Gasteiger partial charge on any atom is -0.480 e. The molecule has 0 aliphatic carbocycles. The highest BCUT2D eigenvalue weighted by molar-refractivity contribution is 8.77. The monoisotopic (exact) mass is 506 g/mol. The third-order valence-corrected chi connectivity index (χ3v) is 8.16. The zero-order chi connectivity index (χ0) is 23.1. The number of hydrogen-bond acceptors (Lipinski definition) is 12. The lowest BCUT2D eigenvalue weighted by atomic mass is 10.3. The molecule has 0 saturated heterocycles. The first-order chi connectivity index (χ1) is 14.1. The molecule has 30 heavy (non-hydrogen) atoms. The average molecular weight is 507 g/mol. The standard InChI is InChI=1S/C14H26N4O8S4/c15-7(11(19)20)3-27-29-5-9(13(23)24)17-1-2-18-10(14(25)26)6-30-28-4-8(16)12(21)22/h7-10,17-18H,1-6,15-16H2,(H,19,20)(H,21,22)(H,23,24)(H,25,26)/t7?,8?,9-,10-/m0/s1. The molecule has 12 nitrogen and oxygen atoms in total. The van der Waals surface area contributed by atoms with Crippen LogP contribution in [0.15, 0.2) is 0 Å². The van der Waals surface area contributed by atoms with Crippen LogP contribution in [-0.4, -0.2) is 105 Å². The second-order valence-electron chi connectivity index (χ2n) is 5.72. The predicted molar refractivity (Wildman–Crippen MR) is 120 cm³/mol. The van der Waals surface area contributed by atoms with E-state index in [0.29, 0.717) is 0 Å². The van der Waals surface area contributed by atoms with Crippen LogP contribution in [0.4, 0.5) is 0 Å². The van der Waals surface area contributed by atoms with Gasteiger partial charge >= 0.3 is 23.9 Å². The van der Waals surface area contributed by atoms with E-state index in [1.54, 1.807) is 0 Å². The lowest BCUT2D eigenvalue weighted by Gasteiger charge is -2.17. The van der Waals surface area contributed by atoms with Crippen molar-refractivity contribution in [2.45, 2.75) is 24.2 Å². The average Bonchev–Trinajstić information content (AvgIpc) is 2.66. The van der Waals surface area contributed by atoms with Crippen LogP contribution in [0.5, 0.6) is 0 Å². The second-order valence-corrected chi connectivity index (χ2v) is 10.8. The van der Waals surface area contributed by atoms with Gasteiger partial charge in [-0.1, -0.05) is 43.2 Å². The van der Waals surface area contributed by atoms with Crippen LogP contribution in [0.1, 0.15) is 0 Å². The Kier molecular flexibility index (Phi) is 16.3. The van der Waals surface area contributed by atoms with E-state index in [1.165, 1.54) is 21.6 Å². The van der Waals surface area contributed by atoms with Gasteiger partial charge in [0.15, 0.2) is 0 Å². The van der Waals surface area contributed by atoms with Crippen LogP contribution < -0.4 is 22.1 Å². The molecule has 4 atom stereocenters. The molecule has 0 bridgehead atoms. The number of nitrogens with two attached hydrogens (primary N) is 2. The van der Waals surface area contributed by atoms with Gasteiger partial charge in [0.05, 0.1) is 0 Å². The Hall–Kier alpha value is -0.880. The van der Waals surface area contributed by atoms with E-state index in [2.05, 4.69) is 10.6 Å². The highest BCUT2D eigenvalue weighted by Gasteiger charge is 2.20. The maximum absolute atomic E-state index is 11.3. The molecule has 10 N–H and O–H groups in total. The van der Waals surface area contributed by atoms with Crippen LogP contribution in [-0.2, 0) is 19.2 Å². The minimum absolute atomic E-state index is 0.140. The van der Waals surface area contributed by atoms with E-state index in [0.717, 1.165) is 21.6 Å². The van der Waals surface area contributed by atoms with E-state index in [4.69, 9.17) is 21.7 Å². The quantitative estimate of drug-likeness (QED) is 0.0748. The van der Waals surface area contributed by atoms with Crippen molar-refractivity contribution in [3.8, 4) is 0 Å². The number of rotatable bonds is 19. The zero-order valence-corrected chi connectivity index (χ0v) is 19.0. The van der Waals surface area contributed by atoms with Crippen LogP contribution >= 0.6 is 43.2 Å². The molecule has 0 aromatic carbocycles. The number of nitrogens with one attached hydrogen (secondary N) is 2. The molecule has 0 spiro atoms. The molecule has 0 amide bonds. The fraction of sp³-hybridized carbons (Fsp3) is 0.714. The first-order valence-electron chi connectivity index (χ1n) is 8.44. The molecule has 174 valence electrons. The van der Waals surface area contributed by atoms with E-state index < -0.39 is 48.0 Å². The topological polar surface area (TPSA) is 225 Å². The Morgan fingerprint density at radius 3 is 1.17 bits per heavy atom. The molecule has 0 radical (unpaired) electrons. The van der Waals surface area contributed by atoms with E-state index in [-0.39, 0.29) is 36.1 Å². The van der Waals surface area contributed by atoms with Gasteiger partial charge in [0.2, 0.25) is 0 Å². The SMILES string of the molecule is NC(CSSC[C@H](NCCN[C@@H](CSSCC(N)C(=O)O)C(=O)O)C(=O)O)C(=O)O. The van der Waals surface area contributed by atoms with Crippen LogP contribution in [0, 0.1) is 0 Å². The molecule has 0 aliphatic rings. The molecule has 16 heteroatoms. The van der Waals surface area contributed by atoms with Crippen molar-refractivity contribution in [2.75, 3.05) is 36.1 Å². The maximum atomic E-state index is 11.3. The van der Waals surface area contributed by atoms with Crippen LogP contribution in [0.25, 0.3) is 0 Å². The molecule has 2 unspecified atom stereocenters. The van der Waals surface area contributed by atoms with Crippen LogP contribution in [0.3, 0.4) is 0 Å². The summed E-state index contributed by atoms with van der Waals surface area (Å²) in [4.78, 5) is 43.8. The third kappa shape index (κ3) is 14.2. The Bertz CT molecular complexity index is 526. The summed E-state index contributed by atoms with van der Waals surface area (Å²) in [7, 11) is 4.68. The van der Waals surface area contributed by atoms with Gasteiger partial charge in [0.1, 0.15) is 24.2 Å². The highest BCUT2D eigenvalue weighted by Crippen LogP contribution is 2.23. The van der Waals surface area contributed by atoms with Crippen molar-refractivity contribution < 1.29 is 39.6 Å². The first-order valence-corrected chi connectivity index (χ1v) is 13.4. The van der Waals surface area contributed by atoms with Gasteiger partial charge in [-0.2, -0.15) is 0 Å². The molecule has 0 aliphatic heterocycles. The number of hydrogen-bond donors (Lipinski definition) is 8. The number of carboxylic acids is 4. The van der Waals surface area contributed by atoms with Gasteiger partial charge in [-0.15, -0.1) is 0 Å². The fourth-order valence-corrected chi connectivity index (χ4v) is 6.15. The van der Waals surface area contributed by atoms with Gasteiger partial charge in [0, 0.05) is 36.1 Å². The van der Waals surface area contributed by atoms with Crippen LogP contribution in [0.2, 0.25) is 0 Å². The fourth-order valence-electron chi connectivity index (χ4n) is 1.55. The van der Waals surface area contributed by atoms with Crippen molar-refractivity contribution in [1.29, 1.82) is 0 Å². The summed E-state index contributed by atoms with van der Waals surface area (Å²) in [6.45, 7) is 0.393. The van der Waals surface area contributed by atoms with Gasteiger partial charge in [-0.05, 0) is 0 Å². The molecule has 0 saturated carbocycles. The Balaban J connectivity index is 4.14. The van der Waals surface area contributed by atoms with Gasteiger partial charge in [-0.3, -0.25) is 19.2 Å². The first kappa shape index (κ1) is 29.1. The van der Waals surface area contributed by atoms with Gasteiger partial charge < -0.3 is 42.5 Å². The minimum atomic E-state index is -1.13. The van der Waals surface area contributed by atoms with E-state index in [1.807, 2.05) is 0 Å². The molecule has 0 heterocycles. The molecule has 0 rings (SSSR count). The Labute approximate surface area is 188 Å². The summed E-state index contributed by atoms with van der Waals surface area (Å²) in [5.41, 5.74) is 10.7. The summed E-state index contributed by atoms with van der Waals surface area (Å²) in [6, 6.07) is -3.83. The largest absolute Gasteiger partial charge is 0.480 e. The van der Waals surface area contributed by atoms with Crippen molar-refractivity contribution in [3.63, 3.8) is 0 Å². The third-order valence-electron chi connectivity index (χ3n) is 3.27. The van der Waals surface area contributed by atoms with E-state index in [9.17, 15) is 29.4 Å². The number of aliphatic carboxylic acids is 4. The van der Waals surface area contributed by atoms with Gasteiger partial charge in [-0.25, -0.2) is 0 Å². The van der Waals surface area contributed by atoms with Crippen molar-refractivity contribution in [1.82, 2.24) is 10.6 Å². The van der Waals surface area contributed by atoms with Crippen molar-refractivity contribution in [2.24, 2.45) is 11.5 Å². The van der Waals surface area contributed by atoms with E-state index >= 15 is 0 Å². The normalized spacial score (nSPS) is 15.1. The predicted octanol–water partition coefficient (Wildman–Crippen LogP) is -1.34. The molecule has 0 aromatic rings. The summed E-state index contributed by atoms with van der Waals surface area (Å²) < 4.78 is 0.